The minimum atomic E-state index is -0.574. The summed E-state index contributed by atoms with van der Waals surface area (Å²) in [6.07, 6.45) is 0.666. The van der Waals surface area contributed by atoms with Gasteiger partial charge in [0, 0.05) is 19.7 Å². The standard InChI is InChI=1S/C12H17N3O4/c1-14(8-4-7-13)12(16)9-5-3-6-10(15(17)18)11(9)19-2/h3,5-6H,4,7-8,13H2,1-2H3. The molecule has 7 nitrogen and oxygen atoms in total. The highest BCUT2D eigenvalue weighted by atomic mass is 16.6. The van der Waals surface area contributed by atoms with Crippen LogP contribution >= 0.6 is 0 Å². The van der Waals surface area contributed by atoms with Crippen molar-refractivity contribution in [3.63, 3.8) is 0 Å². The molecule has 0 saturated carbocycles. The highest BCUT2D eigenvalue weighted by Crippen LogP contribution is 2.31. The summed E-state index contributed by atoms with van der Waals surface area (Å²) in [5, 5.41) is 10.9. The molecule has 0 heterocycles. The Balaban J connectivity index is 3.09. The van der Waals surface area contributed by atoms with E-state index in [1.165, 1.54) is 30.2 Å². The molecule has 19 heavy (non-hydrogen) atoms. The lowest BCUT2D eigenvalue weighted by atomic mass is 10.1. The van der Waals surface area contributed by atoms with Crippen LogP contribution in [0, 0.1) is 10.1 Å². The predicted molar refractivity (Wildman–Crippen MR) is 70.3 cm³/mol. The summed E-state index contributed by atoms with van der Waals surface area (Å²) in [4.78, 5) is 24.0. The molecule has 1 amide bonds. The third kappa shape index (κ3) is 3.41. The third-order valence-electron chi connectivity index (χ3n) is 2.67. The molecule has 0 aliphatic rings. The van der Waals surface area contributed by atoms with Crippen LogP contribution in [0.15, 0.2) is 18.2 Å². The summed E-state index contributed by atoms with van der Waals surface area (Å²) in [6, 6.07) is 4.27. The molecule has 2 N–H and O–H groups in total. The zero-order chi connectivity index (χ0) is 14.4. The maximum absolute atomic E-state index is 12.2. The number of benzene rings is 1. The van der Waals surface area contributed by atoms with E-state index < -0.39 is 4.92 Å². The molecule has 0 saturated heterocycles. The number of nitrogens with zero attached hydrogens (tertiary/aromatic N) is 2. The van der Waals surface area contributed by atoms with Gasteiger partial charge in [-0.3, -0.25) is 14.9 Å². The maximum atomic E-state index is 12.2. The van der Waals surface area contributed by atoms with Crippen molar-refractivity contribution in [3.05, 3.63) is 33.9 Å². The number of carbonyl (C=O) groups excluding carboxylic acids is 1. The predicted octanol–water partition coefficient (Wildman–Crippen LogP) is 1.02. The quantitative estimate of drug-likeness (QED) is 0.613. The van der Waals surface area contributed by atoms with Gasteiger partial charge in [-0.2, -0.15) is 0 Å². The van der Waals surface area contributed by atoms with Crippen molar-refractivity contribution in [1.29, 1.82) is 0 Å². The normalized spacial score (nSPS) is 10.1. The molecule has 0 bridgehead atoms. The van der Waals surface area contributed by atoms with Crippen molar-refractivity contribution < 1.29 is 14.5 Å². The van der Waals surface area contributed by atoms with Crippen LogP contribution in [-0.2, 0) is 0 Å². The van der Waals surface area contributed by atoms with Gasteiger partial charge in [-0.05, 0) is 19.0 Å². The van der Waals surface area contributed by atoms with Gasteiger partial charge in [-0.15, -0.1) is 0 Å². The number of amides is 1. The Morgan fingerprint density at radius 2 is 2.21 bits per heavy atom. The molecule has 7 heteroatoms. The number of nitro benzene ring substituents is 1. The molecule has 0 fully saturated rings. The summed E-state index contributed by atoms with van der Waals surface area (Å²) in [5.74, 6) is -0.342. The second kappa shape index (κ2) is 6.69. The van der Waals surface area contributed by atoms with Crippen LogP contribution in [0.3, 0.4) is 0 Å². The molecule has 1 rings (SSSR count). The SMILES string of the molecule is COc1c(C(=O)N(C)CCCN)cccc1[N+](=O)[O-]. The van der Waals surface area contributed by atoms with Gasteiger partial charge in [0.2, 0.25) is 5.75 Å². The second-order valence-electron chi connectivity index (χ2n) is 3.98. The highest BCUT2D eigenvalue weighted by molar-refractivity contribution is 5.98. The minimum absolute atomic E-state index is 0.0166. The number of nitro groups is 1. The van der Waals surface area contributed by atoms with Gasteiger partial charge in [-0.25, -0.2) is 0 Å². The van der Waals surface area contributed by atoms with Gasteiger partial charge >= 0.3 is 5.69 Å². The Bertz CT molecular complexity index is 476. The number of ether oxygens (including phenoxy) is 1. The molecule has 0 spiro atoms. The molecular formula is C12H17N3O4. The van der Waals surface area contributed by atoms with Gasteiger partial charge < -0.3 is 15.4 Å². The average molecular weight is 267 g/mol. The summed E-state index contributed by atoms with van der Waals surface area (Å²) < 4.78 is 5.00. The van der Waals surface area contributed by atoms with Crippen LogP contribution in [-0.4, -0.2) is 43.0 Å². The first-order chi connectivity index (χ1) is 9.02. The number of hydrogen-bond donors (Lipinski definition) is 1. The topological polar surface area (TPSA) is 98.7 Å². The van der Waals surface area contributed by atoms with Crippen molar-refractivity contribution in [2.45, 2.75) is 6.42 Å². The van der Waals surface area contributed by atoms with E-state index in [1.54, 1.807) is 7.05 Å². The van der Waals surface area contributed by atoms with Crippen LogP contribution in [0.25, 0.3) is 0 Å². The van der Waals surface area contributed by atoms with Crippen LogP contribution in [0.4, 0.5) is 5.69 Å². The lowest BCUT2D eigenvalue weighted by Crippen LogP contribution is -2.29. The number of para-hydroxylation sites is 1. The molecule has 0 unspecified atom stereocenters. The van der Waals surface area contributed by atoms with E-state index in [0.29, 0.717) is 19.5 Å². The van der Waals surface area contributed by atoms with Gasteiger partial charge in [0.25, 0.3) is 5.91 Å². The Kier molecular flexibility index (Phi) is 5.25. The van der Waals surface area contributed by atoms with Crippen molar-refractivity contribution in [1.82, 2.24) is 4.90 Å². The summed E-state index contributed by atoms with van der Waals surface area (Å²) in [7, 11) is 2.93. The van der Waals surface area contributed by atoms with Gasteiger partial charge in [0.15, 0.2) is 0 Å². The molecule has 1 aromatic carbocycles. The van der Waals surface area contributed by atoms with E-state index in [4.69, 9.17) is 10.5 Å². The van der Waals surface area contributed by atoms with E-state index >= 15 is 0 Å². The van der Waals surface area contributed by atoms with Crippen LogP contribution in [0.2, 0.25) is 0 Å². The van der Waals surface area contributed by atoms with Crippen LogP contribution < -0.4 is 10.5 Å². The molecular weight excluding hydrogens is 250 g/mol. The van der Waals surface area contributed by atoms with Gasteiger partial charge in [0.05, 0.1) is 17.6 Å². The maximum Gasteiger partial charge on any atom is 0.311 e. The molecule has 0 radical (unpaired) electrons. The Hall–Kier alpha value is -2.15. The molecule has 0 aromatic heterocycles. The van der Waals surface area contributed by atoms with Gasteiger partial charge in [0.1, 0.15) is 0 Å². The Morgan fingerprint density at radius 3 is 2.74 bits per heavy atom. The first-order valence-corrected chi connectivity index (χ1v) is 5.79. The van der Waals surface area contributed by atoms with E-state index in [1.807, 2.05) is 0 Å². The van der Waals surface area contributed by atoms with Crippen LogP contribution in [0.1, 0.15) is 16.8 Å². The first-order valence-electron chi connectivity index (χ1n) is 5.79. The molecule has 1 aromatic rings. The smallest absolute Gasteiger partial charge is 0.311 e. The summed E-state index contributed by atoms with van der Waals surface area (Å²) in [5.41, 5.74) is 5.34. The van der Waals surface area contributed by atoms with E-state index in [9.17, 15) is 14.9 Å². The number of methoxy groups -OCH3 is 1. The largest absolute Gasteiger partial charge is 0.490 e. The third-order valence-corrected chi connectivity index (χ3v) is 2.67. The number of hydrogen-bond acceptors (Lipinski definition) is 5. The summed E-state index contributed by atoms with van der Waals surface area (Å²) in [6.45, 7) is 0.963. The molecule has 0 atom stereocenters. The second-order valence-corrected chi connectivity index (χ2v) is 3.98. The van der Waals surface area contributed by atoms with E-state index in [-0.39, 0.29) is 22.9 Å². The fourth-order valence-corrected chi connectivity index (χ4v) is 1.69. The first kappa shape index (κ1) is 14.9. The van der Waals surface area contributed by atoms with Crippen molar-refractivity contribution in [2.24, 2.45) is 5.73 Å². The van der Waals surface area contributed by atoms with Gasteiger partial charge in [-0.1, -0.05) is 6.07 Å². The zero-order valence-corrected chi connectivity index (χ0v) is 11.0. The Morgan fingerprint density at radius 1 is 1.53 bits per heavy atom. The minimum Gasteiger partial charge on any atom is -0.490 e. The van der Waals surface area contributed by atoms with Crippen LogP contribution in [0.5, 0.6) is 5.75 Å². The lowest BCUT2D eigenvalue weighted by molar-refractivity contribution is -0.385. The fourth-order valence-electron chi connectivity index (χ4n) is 1.69. The van der Waals surface area contributed by atoms with Crippen molar-refractivity contribution in [2.75, 3.05) is 27.2 Å². The summed E-state index contributed by atoms with van der Waals surface area (Å²) >= 11 is 0. The van der Waals surface area contributed by atoms with E-state index in [0.717, 1.165) is 0 Å². The molecule has 0 aliphatic carbocycles. The number of nitrogens with two attached hydrogens (primary N) is 1. The fraction of sp³-hybridized carbons (Fsp3) is 0.417. The highest BCUT2D eigenvalue weighted by Gasteiger charge is 2.24. The Labute approximate surface area is 111 Å². The van der Waals surface area contributed by atoms with Crippen molar-refractivity contribution in [3.8, 4) is 5.75 Å². The average Bonchev–Trinajstić information content (AvgIpc) is 2.42. The molecule has 104 valence electrons. The number of carbonyl (C=O) groups is 1. The monoisotopic (exact) mass is 267 g/mol. The molecule has 0 aliphatic heterocycles. The number of rotatable bonds is 6. The lowest BCUT2D eigenvalue weighted by Gasteiger charge is -2.18. The van der Waals surface area contributed by atoms with Crippen molar-refractivity contribution >= 4 is 11.6 Å². The zero-order valence-electron chi connectivity index (χ0n) is 11.0. The van der Waals surface area contributed by atoms with E-state index in [2.05, 4.69) is 0 Å².